The second-order valence-corrected chi connectivity index (χ2v) is 6.55. The Morgan fingerprint density at radius 2 is 2.00 bits per heavy atom. The maximum atomic E-state index is 12.2. The lowest BCUT2D eigenvalue weighted by atomic mass is 10.2. The molecule has 21 heavy (non-hydrogen) atoms. The van der Waals surface area contributed by atoms with E-state index in [4.69, 9.17) is 10.00 Å². The fourth-order valence-electron chi connectivity index (χ4n) is 2.21. The number of benzene rings is 1. The van der Waals surface area contributed by atoms with E-state index in [0.29, 0.717) is 6.54 Å². The van der Waals surface area contributed by atoms with Crippen LogP contribution in [-0.4, -0.2) is 52.7 Å². The molecule has 0 spiro atoms. The number of rotatable bonds is 6. The molecular formula is C14H19N3O3S. The lowest BCUT2D eigenvalue weighted by molar-refractivity contribution is 0.0376. The van der Waals surface area contributed by atoms with Gasteiger partial charge in [-0.15, -0.1) is 0 Å². The number of hydrogen-bond acceptors (Lipinski definition) is 5. The molecule has 1 N–H and O–H groups in total. The number of morpholine rings is 1. The van der Waals surface area contributed by atoms with Gasteiger partial charge in [-0.3, -0.25) is 4.90 Å². The summed E-state index contributed by atoms with van der Waals surface area (Å²) in [4.78, 5) is 2.29. The summed E-state index contributed by atoms with van der Waals surface area (Å²) in [6.45, 7) is 4.46. The first-order valence-electron chi connectivity index (χ1n) is 6.92. The zero-order valence-corrected chi connectivity index (χ0v) is 12.6. The van der Waals surface area contributed by atoms with Crippen LogP contribution < -0.4 is 4.72 Å². The Hall–Kier alpha value is -1.46. The van der Waals surface area contributed by atoms with Crippen molar-refractivity contribution in [1.82, 2.24) is 9.62 Å². The number of nitrogens with zero attached hydrogens (tertiary/aromatic N) is 2. The molecular weight excluding hydrogens is 290 g/mol. The molecule has 1 heterocycles. The third kappa shape index (κ3) is 4.51. The SMILES string of the molecule is N#Cc1ccccc1S(=O)(=O)NCCCN1CCOCC1. The summed E-state index contributed by atoms with van der Waals surface area (Å²) in [5.41, 5.74) is 0.165. The zero-order valence-electron chi connectivity index (χ0n) is 11.8. The molecule has 114 valence electrons. The molecule has 0 amide bonds. The normalized spacial score (nSPS) is 16.5. The monoisotopic (exact) mass is 309 g/mol. The third-order valence-corrected chi connectivity index (χ3v) is 4.86. The van der Waals surface area contributed by atoms with Gasteiger partial charge in [0.1, 0.15) is 6.07 Å². The summed E-state index contributed by atoms with van der Waals surface area (Å²) < 4.78 is 32.1. The van der Waals surface area contributed by atoms with Crippen LogP contribution in [0.2, 0.25) is 0 Å². The average molecular weight is 309 g/mol. The summed E-state index contributed by atoms with van der Waals surface area (Å²) in [5.74, 6) is 0. The molecule has 0 aromatic heterocycles. The minimum atomic E-state index is -3.62. The minimum absolute atomic E-state index is 0.0406. The Balaban J connectivity index is 1.85. The second kappa shape index (κ2) is 7.52. The average Bonchev–Trinajstić information content (AvgIpc) is 2.52. The Morgan fingerprint density at radius 1 is 1.29 bits per heavy atom. The maximum Gasteiger partial charge on any atom is 0.241 e. The first kappa shape index (κ1) is 15.9. The predicted octanol–water partition coefficient (Wildman–Crippen LogP) is 0.559. The lowest BCUT2D eigenvalue weighted by Gasteiger charge is -2.26. The van der Waals surface area contributed by atoms with Gasteiger partial charge in [0, 0.05) is 19.6 Å². The molecule has 1 saturated heterocycles. The van der Waals surface area contributed by atoms with Crippen LogP contribution in [0.5, 0.6) is 0 Å². The topological polar surface area (TPSA) is 82.4 Å². The lowest BCUT2D eigenvalue weighted by Crippen LogP contribution is -2.38. The molecule has 0 bridgehead atoms. The summed E-state index contributed by atoms with van der Waals surface area (Å²) in [7, 11) is -3.62. The van der Waals surface area contributed by atoms with Gasteiger partial charge in [0.2, 0.25) is 10.0 Å². The molecule has 1 aliphatic heterocycles. The molecule has 1 aromatic carbocycles. The highest BCUT2D eigenvalue weighted by Crippen LogP contribution is 2.13. The van der Waals surface area contributed by atoms with Gasteiger partial charge in [-0.05, 0) is 25.1 Å². The predicted molar refractivity (Wildman–Crippen MR) is 78.2 cm³/mol. The Kier molecular flexibility index (Phi) is 5.70. The first-order valence-corrected chi connectivity index (χ1v) is 8.41. The fourth-order valence-corrected chi connectivity index (χ4v) is 3.43. The van der Waals surface area contributed by atoms with Crippen molar-refractivity contribution in [3.05, 3.63) is 29.8 Å². The van der Waals surface area contributed by atoms with E-state index in [1.54, 1.807) is 12.1 Å². The van der Waals surface area contributed by atoms with E-state index in [9.17, 15) is 8.42 Å². The molecule has 2 rings (SSSR count). The van der Waals surface area contributed by atoms with Crippen molar-refractivity contribution in [3.63, 3.8) is 0 Å². The van der Waals surface area contributed by atoms with Crippen molar-refractivity contribution < 1.29 is 13.2 Å². The van der Waals surface area contributed by atoms with Crippen molar-refractivity contribution in [2.45, 2.75) is 11.3 Å². The summed E-state index contributed by atoms with van der Waals surface area (Å²) in [6, 6.07) is 8.12. The number of sulfonamides is 1. The summed E-state index contributed by atoms with van der Waals surface area (Å²) >= 11 is 0. The standard InChI is InChI=1S/C14H19N3O3S/c15-12-13-4-1-2-5-14(13)21(18,19)16-6-3-7-17-8-10-20-11-9-17/h1-2,4-5,16H,3,6-11H2. The van der Waals surface area contributed by atoms with Gasteiger partial charge < -0.3 is 4.74 Å². The Morgan fingerprint density at radius 3 is 2.71 bits per heavy atom. The Bertz CT molecular complexity index is 604. The largest absolute Gasteiger partial charge is 0.379 e. The highest BCUT2D eigenvalue weighted by molar-refractivity contribution is 7.89. The van der Waals surface area contributed by atoms with Gasteiger partial charge in [0.15, 0.2) is 0 Å². The van der Waals surface area contributed by atoms with Crippen LogP contribution in [0.4, 0.5) is 0 Å². The first-order chi connectivity index (χ1) is 10.1. The van der Waals surface area contributed by atoms with E-state index >= 15 is 0 Å². The zero-order chi connectivity index (χ0) is 15.1. The van der Waals surface area contributed by atoms with Crippen molar-refractivity contribution in [3.8, 4) is 6.07 Å². The van der Waals surface area contributed by atoms with Crippen LogP contribution in [0.25, 0.3) is 0 Å². The highest BCUT2D eigenvalue weighted by atomic mass is 32.2. The van der Waals surface area contributed by atoms with E-state index in [2.05, 4.69) is 9.62 Å². The van der Waals surface area contributed by atoms with Crippen LogP contribution in [0.3, 0.4) is 0 Å². The molecule has 1 fully saturated rings. The number of nitriles is 1. The quantitative estimate of drug-likeness (QED) is 0.776. The van der Waals surface area contributed by atoms with Crippen molar-refractivity contribution in [2.75, 3.05) is 39.4 Å². The molecule has 1 aliphatic rings. The van der Waals surface area contributed by atoms with Crippen molar-refractivity contribution in [2.24, 2.45) is 0 Å². The second-order valence-electron chi connectivity index (χ2n) is 4.81. The molecule has 0 saturated carbocycles. The van der Waals surface area contributed by atoms with Crippen LogP contribution in [-0.2, 0) is 14.8 Å². The molecule has 0 aliphatic carbocycles. The van der Waals surface area contributed by atoms with E-state index in [1.807, 2.05) is 6.07 Å². The molecule has 1 aromatic rings. The van der Waals surface area contributed by atoms with Crippen molar-refractivity contribution >= 4 is 10.0 Å². The number of hydrogen-bond donors (Lipinski definition) is 1. The number of ether oxygens (including phenoxy) is 1. The van der Waals surface area contributed by atoms with E-state index in [-0.39, 0.29) is 10.5 Å². The highest BCUT2D eigenvalue weighted by Gasteiger charge is 2.17. The third-order valence-electron chi connectivity index (χ3n) is 3.34. The summed E-state index contributed by atoms with van der Waals surface area (Å²) in [5, 5.41) is 8.96. The van der Waals surface area contributed by atoms with E-state index in [1.165, 1.54) is 12.1 Å². The Labute approximate surface area is 125 Å². The van der Waals surface area contributed by atoms with Crippen LogP contribution in [0.1, 0.15) is 12.0 Å². The van der Waals surface area contributed by atoms with Crippen molar-refractivity contribution in [1.29, 1.82) is 5.26 Å². The fraction of sp³-hybridized carbons (Fsp3) is 0.500. The smallest absolute Gasteiger partial charge is 0.241 e. The van der Waals surface area contributed by atoms with Gasteiger partial charge in [0.05, 0.1) is 23.7 Å². The molecule has 0 unspecified atom stereocenters. The van der Waals surface area contributed by atoms with Crippen LogP contribution in [0.15, 0.2) is 29.2 Å². The molecule has 0 radical (unpaired) electrons. The van der Waals surface area contributed by atoms with Gasteiger partial charge in [-0.25, -0.2) is 13.1 Å². The van der Waals surface area contributed by atoms with Crippen LogP contribution in [0, 0.1) is 11.3 Å². The maximum absolute atomic E-state index is 12.2. The molecule has 7 heteroatoms. The number of nitrogens with one attached hydrogen (secondary N) is 1. The van der Waals surface area contributed by atoms with Gasteiger partial charge >= 0.3 is 0 Å². The van der Waals surface area contributed by atoms with Crippen LogP contribution >= 0.6 is 0 Å². The minimum Gasteiger partial charge on any atom is -0.379 e. The van der Waals surface area contributed by atoms with Gasteiger partial charge in [0.25, 0.3) is 0 Å². The van der Waals surface area contributed by atoms with Gasteiger partial charge in [-0.2, -0.15) is 5.26 Å². The van der Waals surface area contributed by atoms with E-state index in [0.717, 1.165) is 39.3 Å². The van der Waals surface area contributed by atoms with Gasteiger partial charge in [-0.1, -0.05) is 12.1 Å². The molecule has 0 atom stereocenters. The summed E-state index contributed by atoms with van der Waals surface area (Å²) in [6.07, 6.45) is 0.730. The molecule has 6 nitrogen and oxygen atoms in total. The van der Waals surface area contributed by atoms with E-state index < -0.39 is 10.0 Å².